The van der Waals surface area contributed by atoms with Crippen molar-refractivity contribution in [3.63, 3.8) is 0 Å². The van der Waals surface area contributed by atoms with Crippen LogP contribution in [-0.4, -0.2) is 29.9 Å². The van der Waals surface area contributed by atoms with Crippen molar-refractivity contribution in [2.24, 2.45) is 0 Å². The molecule has 1 aromatic carbocycles. The molecule has 0 saturated carbocycles. The van der Waals surface area contributed by atoms with Crippen LogP contribution in [0, 0.1) is 0 Å². The van der Waals surface area contributed by atoms with Gasteiger partial charge in [-0.1, -0.05) is 44.2 Å². The molecule has 3 heteroatoms. The number of rotatable bonds is 9. The topological polar surface area (TPSA) is 41.5 Å². The summed E-state index contributed by atoms with van der Waals surface area (Å²) < 4.78 is 5.73. The van der Waals surface area contributed by atoms with Gasteiger partial charge in [0.2, 0.25) is 0 Å². The molecule has 0 aliphatic rings. The molecule has 0 bridgehead atoms. The van der Waals surface area contributed by atoms with Crippen LogP contribution >= 0.6 is 0 Å². The average molecular weight is 279 g/mol. The van der Waals surface area contributed by atoms with E-state index in [1.807, 2.05) is 37.3 Å². The summed E-state index contributed by atoms with van der Waals surface area (Å²) >= 11 is 0. The molecule has 1 aromatic rings. The maximum absolute atomic E-state index is 10.0. The summed E-state index contributed by atoms with van der Waals surface area (Å²) in [7, 11) is 0. The summed E-state index contributed by atoms with van der Waals surface area (Å²) in [6.07, 6.45) is 1.64. The molecule has 0 aromatic heterocycles. The van der Waals surface area contributed by atoms with E-state index in [1.165, 1.54) is 0 Å². The van der Waals surface area contributed by atoms with Crippen molar-refractivity contribution in [1.82, 2.24) is 5.32 Å². The molecule has 20 heavy (non-hydrogen) atoms. The van der Waals surface area contributed by atoms with Crippen LogP contribution in [0.15, 0.2) is 30.3 Å². The number of ether oxygens (including phenoxy) is 1. The van der Waals surface area contributed by atoms with E-state index in [1.54, 1.807) is 0 Å². The fourth-order valence-corrected chi connectivity index (χ4v) is 2.00. The second-order valence-corrected chi connectivity index (χ2v) is 5.69. The van der Waals surface area contributed by atoms with E-state index in [0.29, 0.717) is 13.2 Å². The molecule has 2 unspecified atom stereocenters. The molecule has 0 spiro atoms. The SMILES string of the molecule is CCC(C)(CC)NCC(O)COC(C)c1ccccc1. The number of β-amino-alcohol motifs (C(OH)–C–C–N with tert-alkyl or cyclic N) is 1. The maximum Gasteiger partial charge on any atom is 0.0898 e. The molecule has 0 radical (unpaired) electrons. The lowest BCUT2D eigenvalue weighted by Crippen LogP contribution is -2.45. The molecule has 2 N–H and O–H groups in total. The van der Waals surface area contributed by atoms with Gasteiger partial charge in [-0.3, -0.25) is 0 Å². The zero-order valence-corrected chi connectivity index (χ0v) is 13.2. The maximum atomic E-state index is 10.0. The van der Waals surface area contributed by atoms with Gasteiger partial charge < -0.3 is 15.2 Å². The number of aliphatic hydroxyl groups is 1. The van der Waals surface area contributed by atoms with Crippen LogP contribution in [0.3, 0.4) is 0 Å². The smallest absolute Gasteiger partial charge is 0.0898 e. The van der Waals surface area contributed by atoms with Gasteiger partial charge in [0.25, 0.3) is 0 Å². The largest absolute Gasteiger partial charge is 0.389 e. The number of hydrogen-bond acceptors (Lipinski definition) is 3. The molecular weight excluding hydrogens is 250 g/mol. The minimum atomic E-state index is -0.474. The van der Waals surface area contributed by atoms with E-state index in [-0.39, 0.29) is 11.6 Å². The van der Waals surface area contributed by atoms with Crippen molar-refractivity contribution in [3.8, 4) is 0 Å². The van der Waals surface area contributed by atoms with Crippen LogP contribution < -0.4 is 5.32 Å². The van der Waals surface area contributed by atoms with Crippen LogP contribution in [0.1, 0.15) is 52.2 Å². The lowest BCUT2D eigenvalue weighted by molar-refractivity contribution is -0.00468. The molecule has 2 atom stereocenters. The summed E-state index contributed by atoms with van der Waals surface area (Å²) in [4.78, 5) is 0. The first-order chi connectivity index (χ1) is 9.50. The molecule has 0 amide bonds. The Morgan fingerprint density at radius 3 is 2.35 bits per heavy atom. The van der Waals surface area contributed by atoms with Gasteiger partial charge in [0.1, 0.15) is 0 Å². The number of nitrogens with one attached hydrogen (secondary N) is 1. The Labute approximate surface area is 123 Å². The third-order valence-corrected chi connectivity index (χ3v) is 4.13. The third-order valence-electron chi connectivity index (χ3n) is 4.13. The van der Waals surface area contributed by atoms with Gasteiger partial charge in [0, 0.05) is 12.1 Å². The van der Waals surface area contributed by atoms with Gasteiger partial charge in [-0.15, -0.1) is 0 Å². The number of benzene rings is 1. The zero-order valence-electron chi connectivity index (χ0n) is 13.2. The third kappa shape index (κ3) is 5.61. The Hall–Kier alpha value is -0.900. The van der Waals surface area contributed by atoms with Gasteiger partial charge >= 0.3 is 0 Å². The minimum Gasteiger partial charge on any atom is -0.389 e. The van der Waals surface area contributed by atoms with Crippen molar-refractivity contribution < 1.29 is 9.84 Å². The van der Waals surface area contributed by atoms with Crippen molar-refractivity contribution in [3.05, 3.63) is 35.9 Å². The van der Waals surface area contributed by atoms with E-state index in [0.717, 1.165) is 18.4 Å². The first-order valence-corrected chi connectivity index (χ1v) is 7.60. The monoisotopic (exact) mass is 279 g/mol. The standard InChI is InChI=1S/C17H29NO2/c1-5-17(4,6-2)18-12-16(19)13-20-14(3)15-10-8-7-9-11-15/h7-11,14,16,18-19H,5-6,12-13H2,1-4H3. The highest BCUT2D eigenvalue weighted by Gasteiger charge is 2.20. The highest BCUT2D eigenvalue weighted by molar-refractivity contribution is 5.16. The van der Waals surface area contributed by atoms with Crippen molar-refractivity contribution in [2.45, 2.75) is 58.3 Å². The van der Waals surface area contributed by atoms with Crippen LogP contribution in [0.4, 0.5) is 0 Å². The summed E-state index contributed by atoms with van der Waals surface area (Å²) in [5.41, 5.74) is 1.24. The van der Waals surface area contributed by atoms with Crippen LogP contribution in [0.25, 0.3) is 0 Å². The van der Waals surface area contributed by atoms with Crippen LogP contribution in [0.2, 0.25) is 0 Å². The summed E-state index contributed by atoms with van der Waals surface area (Å²) in [6, 6.07) is 10.1. The van der Waals surface area contributed by atoms with Crippen LogP contribution in [-0.2, 0) is 4.74 Å². The van der Waals surface area contributed by atoms with Crippen molar-refractivity contribution >= 4 is 0 Å². The quantitative estimate of drug-likeness (QED) is 0.729. The zero-order chi connectivity index (χ0) is 15.0. The molecule has 0 aliphatic carbocycles. The normalized spacial score (nSPS) is 15.1. The van der Waals surface area contributed by atoms with Crippen molar-refractivity contribution in [2.75, 3.05) is 13.2 Å². The fraction of sp³-hybridized carbons (Fsp3) is 0.647. The molecule has 3 nitrogen and oxygen atoms in total. The molecule has 0 aliphatic heterocycles. The van der Waals surface area contributed by atoms with Gasteiger partial charge in [0.15, 0.2) is 0 Å². The predicted octanol–water partition coefficient (Wildman–Crippen LogP) is 3.29. The molecule has 1 rings (SSSR count). The molecule has 0 saturated heterocycles. The van der Waals surface area contributed by atoms with Crippen LogP contribution in [0.5, 0.6) is 0 Å². The average Bonchev–Trinajstić information content (AvgIpc) is 2.51. The first kappa shape index (κ1) is 17.2. The van der Waals surface area contributed by atoms with E-state index in [2.05, 4.69) is 26.1 Å². The minimum absolute atomic E-state index is 0.00887. The van der Waals surface area contributed by atoms with Gasteiger partial charge in [-0.2, -0.15) is 0 Å². The summed E-state index contributed by atoms with van der Waals surface area (Å²) in [5, 5.41) is 13.4. The van der Waals surface area contributed by atoms with E-state index >= 15 is 0 Å². The summed E-state index contributed by atoms with van der Waals surface area (Å²) in [5.74, 6) is 0. The fourth-order valence-electron chi connectivity index (χ4n) is 2.00. The highest BCUT2D eigenvalue weighted by atomic mass is 16.5. The van der Waals surface area contributed by atoms with Crippen molar-refractivity contribution in [1.29, 1.82) is 0 Å². The predicted molar refractivity (Wildman–Crippen MR) is 83.8 cm³/mol. The lowest BCUT2D eigenvalue weighted by atomic mass is 9.95. The van der Waals surface area contributed by atoms with Gasteiger partial charge in [-0.05, 0) is 32.3 Å². The van der Waals surface area contributed by atoms with Gasteiger partial charge in [0.05, 0.1) is 18.8 Å². The lowest BCUT2D eigenvalue weighted by Gasteiger charge is -2.29. The van der Waals surface area contributed by atoms with E-state index in [9.17, 15) is 5.11 Å². The van der Waals surface area contributed by atoms with Gasteiger partial charge in [-0.25, -0.2) is 0 Å². The molecule has 0 fully saturated rings. The molecular formula is C17H29NO2. The first-order valence-electron chi connectivity index (χ1n) is 7.60. The number of hydrogen-bond donors (Lipinski definition) is 2. The highest BCUT2D eigenvalue weighted by Crippen LogP contribution is 2.16. The Morgan fingerprint density at radius 1 is 1.20 bits per heavy atom. The Morgan fingerprint density at radius 2 is 1.80 bits per heavy atom. The van der Waals surface area contributed by atoms with E-state index in [4.69, 9.17) is 4.74 Å². The molecule has 0 heterocycles. The number of aliphatic hydroxyl groups excluding tert-OH is 1. The second kappa shape index (κ2) is 8.40. The Bertz CT molecular complexity index is 363. The summed E-state index contributed by atoms with van der Waals surface area (Å²) in [6.45, 7) is 9.45. The Kier molecular flexibility index (Phi) is 7.20. The second-order valence-electron chi connectivity index (χ2n) is 5.69. The Balaban J connectivity index is 2.31. The molecule has 114 valence electrons. The van der Waals surface area contributed by atoms with E-state index < -0.39 is 6.10 Å².